The number of hydrazone groups is 1. The largest absolute Gasteiger partial charge is 0.273 e. The minimum atomic E-state index is -0.177. The Hall–Kier alpha value is -1.90. The average Bonchev–Trinajstić information content (AvgIpc) is 2.29. The van der Waals surface area contributed by atoms with E-state index in [1.54, 1.807) is 18.7 Å². The summed E-state index contributed by atoms with van der Waals surface area (Å²) in [7, 11) is 0. The summed E-state index contributed by atoms with van der Waals surface area (Å²) in [4.78, 5) is 11.2. The summed E-state index contributed by atoms with van der Waals surface area (Å²) < 4.78 is 0. The van der Waals surface area contributed by atoms with Gasteiger partial charge in [-0.3, -0.25) is 4.79 Å². The fraction of sp³-hybridized carbons (Fsp3) is 0.214. The van der Waals surface area contributed by atoms with Gasteiger partial charge in [0.25, 0.3) is 0 Å². The second-order valence-corrected chi connectivity index (χ2v) is 3.93. The van der Waals surface area contributed by atoms with Crippen LogP contribution in [0.5, 0.6) is 0 Å². The molecule has 0 atom stereocenters. The van der Waals surface area contributed by atoms with Crippen molar-refractivity contribution < 1.29 is 4.79 Å². The summed E-state index contributed by atoms with van der Waals surface area (Å²) in [6, 6.07) is 9.89. The summed E-state index contributed by atoms with van der Waals surface area (Å²) in [5.74, 6) is 0.0504. The Balaban J connectivity index is 2.31. The van der Waals surface area contributed by atoms with Crippen LogP contribution in [-0.4, -0.2) is 12.1 Å². The highest BCUT2D eigenvalue weighted by atomic mass is 16.2. The van der Waals surface area contributed by atoms with Crippen molar-refractivity contribution in [1.29, 1.82) is 0 Å². The zero-order chi connectivity index (χ0) is 12.5. The average molecular weight is 229 g/mol. The van der Waals surface area contributed by atoms with E-state index < -0.39 is 0 Å². The molecule has 0 bridgehead atoms. The van der Waals surface area contributed by atoms with Crippen LogP contribution in [0.2, 0.25) is 0 Å². The van der Waals surface area contributed by atoms with Gasteiger partial charge in [0.1, 0.15) is 0 Å². The predicted molar refractivity (Wildman–Crippen MR) is 71.2 cm³/mol. The van der Waals surface area contributed by atoms with E-state index in [1.165, 1.54) is 0 Å². The zero-order valence-electron chi connectivity index (χ0n) is 10.1. The van der Waals surface area contributed by atoms with Gasteiger partial charge in [0.05, 0.1) is 6.42 Å². The molecular formula is C14H17N2O. The van der Waals surface area contributed by atoms with Gasteiger partial charge in [-0.1, -0.05) is 50.3 Å². The Kier molecular flexibility index (Phi) is 5.72. The Labute approximate surface area is 102 Å². The third kappa shape index (κ3) is 6.30. The van der Waals surface area contributed by atoms with E-state index in [2.05, 4.69) is 10.5 Å². The molecule has 0 aliphatic rings. The number of nitrogens with one attached hydrogen (secondary N) is 1. The number of allylic oxidation sites excluding steroid dienone is 1. The molecular weight excluding hydrogens is 212 g/mol. The molecule has 0 unspecified atom stereocenters. The molecule has 0 aliphatic carbocycles. The van der Waals surface area contributed by atoms with Gasteiger partial charge in [-0.25, -0.2) is 5.43 Å². The number of benzene rings is 1. The van der Waals surface area contributed by atoms with E-state index >= 15 is 0 Å². The van der Waals surface area contributed by atoms with Crippen molar-refractivity contribution in [3.8, 4) is 0 Å². The van der Waals surface area contributed by atoms with Gasteiger partial charge in [-0.15, -0.1) is 0 Å². The first-order valence-corrected chi connectivity index (χ1v) is 5.58. The second-order valence-electron chi connectivity index (χ2n) is 3.93. The van der Waals surface area contributed by atoms with Gasteiger partial charge in [0.2, 0.25) is 5.91 Å². The molecule has 1 amide bonds. The van der Waals surface area contributed by atoms with Gasteiger partial charge in [-0.05, 0) is 17.6 Å². The van der Waals surface area contributed by atoms with Crippen molar-refractivity contribution in [2.24, 2.45) is 11.0 Å². The molecule has 1 rings (SSSR count). The Morgan fingerprint density at radius 1 is 1.29 bits per heavy atom. The van der Waals surface area contributed by atoms with Gasteiger partial charge in [-0.2, -0.15) is 5.10 Å². The summed E-state index contributed by atoms with van der Waals surface area (Å²) in [6.45, 7) is 3.89. The Bertz CT molecular complexity index is 394. The van der Waals surface area contributed by atoms with Gasteiger partial charge < -0.3 is 0 Å². The molecule has 0 saturated carbocycles. The van der Waals surface area contributed by atoms with Crippen molar-refractivity contribution in [2.75, 3.05) is 0 Å². The summed E-state index contributed by atoms with van der Waals surface area (Å²) in [5, 5.41) is 3.80. The zero-order valence-corrected chi connectivity index (χ0v) is 10.1. The number of hydrogen-bond donors (Lipinski definition) is 1. The highest BCUT2D eigenvalue weighted by molar-refractivity contribution is 5.86. The second kappa shape index (κ2) is 7.39. The maximum atomic E-state index is 11.2. The van der Waals surface area contributed by atoms with Crippen molar-refractivity contribution in [3.05, 3.63) is 48.4 Å². The quantitative estimate of drug-likeness (QED) is 0.612. The molecule has 0 spiro atoms. The number of carbonyl (C=O) groups excluding carboxylic acids is 1. The smallest absolute Gasteiger partial charge is 0.244 e. The molecule has 0 aromatic heterocycles. The summed E-state index contributed by atoms with van der Waals surface area (Å²) >= 11 is 0. The topological polar surface area (TPSA) is 41.5 Å². The summed E-state index contributed by atoms with van der Waals surface area (Å²) in [5.41, 5.74) is 3.52. The third-order valence-corrected chi connectivity index (χ3v) is 1.91. The maximum absolute atomic E-state index is 11.2. The van der Waals surface area contributed by atoms with E-state index in [9.17, 15) is 4.79 Å². The van der Waals surface area contributed by atoms with Gasteiger partial charge >= 0.3 is 0 Å². The monoisotopic (exact) mass is 229 g/mol. The van der Waals surface area contributed by atoms with E-state index in [-0.39, 0.29) is 11.8 Å². The van der Waals surface area contributed by atoms with Crippen LogP contribution in [-0.2, 0) is 4.79 Å². The molecule has 0 fully saturated rings. The molecule has 1 aromatic carbocycles. The first-order valence-electron chi connectivity index (χ1n) is 5.58. The lowest BCUT2D eigenvalue weighted by atomic mass is 10.1. The number of carbonyl (C=O) groups is 1. The molecule has 89 valence electrons. The standard InChI is InChI=1S/C14H17N2O/c1-12(2)11-14(17)16-15-10-6-9-13-7-4-3-5-8-13/h3-12H,1-2H3,(H,16,17)/b9-6+,15-10+. The number of amides is 1. The normalized spacial score (nSPS) is 11.5. The molecule has 1 radical (unpaired) electrons. The van der Waals surface area contributed by atoms with Gasteiger partial charge in [0.15, 0.2) is 0 Å². The lowest BCUT2D eigenvalue weighted by molar-refractivity contribution is -0.118. The molecule has 0 saturated heterocycles. The summed E-state index contributed by atoms with van der Waals surface area (Å²) in [6.07, 6.45) is 6.84. The molecule has 0 heterocycles. The molecule has 0 aliphatic heterocycles. The first-order chi connectivity index (χ1) is 8.18. The molecule has 1 N–H and O–H groups in total. The van der Waals surface area contributed by atoms with Crippen molar-refractivity contribution in [3.63, 3.8) is 0 Å². The minimum absolute atomic E-state index is 0.177. The molecule has 3 heteroatoms. The van der Waals surface area contributed by atoms with Crippen LogP contribution in [0.15, 0.2) is 41.5 Å². The lowest BCUT2D eigenvalue weighted by Crippen LogP contribution is -2.19. The van der Waals surface area contributed by atoms with Crippen LogP contribution < -0.4 is 5.43 Å². The third-order valence-electron chi connectivity index (χ3n) is 1.91. The Morgan fingerprint density at radius 3 is 2.65 bits per heavy atom. The van der Waals surface area contributed by atoms with Crippen molar-refractivity contribution in [1.82, 2.24) is 5.43 Å². The highest BCUT2D eigenvalue weighted by Gasteiger charge is 2.02. The fourth-order valence-electron chi connectivity index (χ4n) is 1.20. The maximum Gasteiger partial charge on any atom is 0.244 e. The van der Waals surface area contributed by atoms with Crippen molar-refractivity contribution >= 4 is 18.2 Å². The van der Waals surface area contributed by atoms with E-state index in [1.807, 2.05) is 50.3 Å². The van der Waals surface area contributed by atoms with E-state index in [0.29, 0.717) is 0 Å². The highest BCUT2D eigenvalue weighted by Crippen LogP contribution is 1.99. The molecule has 3 nitrogen and oxygen atoms in total. The number of rotatable bonds is 5. The fourth-order valence-corrected chi connectivity index (χ4v) is 1.20. The van der Waals surface area contributed by atoms with E-state index in [0.717, 1.165) is 5.56 Å². The first kappa shape index (κ1) is 13.2. The van der Waals surface area contributed by atoms with Crippen LogP contribution in [0.4, 0.5) is 0 Å². The van der Waals surface area contributed by atoms with Crippen LogP contribution in [0.3, 0.4) is 0 Å². The van der Waals surface area contributed by atoms with E-state index in [4.69, 9.17) is 0 Å². The Morgan fingerprint density at radius 2 is 2.00 bits per heavy atom. The van der Waals surface area contributed by atoms with Crippen LogP contribution >= 0.6 is 0 Å². The lowest BCUT2D eigenvalue weighted by Gasteiger charge is -2.00. The molecule has 1 aromatic rings. The minimum Gasteiger partial charge on any atom is -0.273 e. The van der Waals surface area contributed by atoms with Crippen LogP contribution in [0, 0.1) is 12.3 Å². The van der Waals surface area contributed by atoms with Crippen LogP contribution in [0.1, 0.15) is 19.4 Å². The van der Waals surface area contributed by atoms with Crippen molar-refractivity contribution in [2.45, 2.75) is 13.8 Å². The van der Waals surface area contributed by atoms with Gasteiger partial charge in [0, 0.05) is 6.21 Å². The number of hydrogen-bond acceptors (Lipinski definition) is 2. The number of nitrogens with zero attached hydrogens (tertiary/aromatic N) is 1. The molecule has 17 heavy (non-hydrogen) atoms. The van der Waals surface area contributed by atoms with Crippen LogP contribution in [0.25, 0.3) is 6.08 Å². The predicted octanol–water partition coefficient (Wildman–Crippen LogP) is 2.66. The SMILES string of the molecule is CC(C)[CH]C(=O)N/N=C/C=C/c1ccccc1.